The van der Waals surface area contributed by atoms with Crippen molar-refractivity contribution >= 4 is 54.0 Å². The molecule has 2 heterocycles. The first kappa shape index (κ1) is 18.4. The third-order valence-corrected chi connectivity index (χ3v) is 7.78. The van der Waals surface area contributed by atoms with E-state index in [1.807, 2.05) is 24.3 Å². The Labute approximate surface area is 170 Å². The SMILES string of the molecule is CC1(S(=O)(=O)n2ccc3ccccc32)C=CC=C(c2nc(Cl)ncc2Br)C1. The highest BCUT2D eigenvalue weighted by atomic mass is 79.9. The van der Waals surface area contributed by atoms with Crippen molar-refractivity contribution in [3.63, 3.8) is 0 Å². The molecule has 138 valence electrons. The number of rotatable bonds is 3. The van der Waals surface area contributed by atoms with Crippen LogP contribution in [0.15, 0.2) is 65.4 Å². The Morgan fingerprint density at radius 1 is 1.26 bits per heavy atom. The van der Waals surface area contributed by atoms with E-state index in [1.54, 1.807) is 43.6 Å². The molecule has 0 saturated carbocycles. The van der Waals surface area contributed by atoms with E-state index in [0.717, 1.165) is 11.0 Å². The van der Waals surface area contributed by atoms with Gasteiger partial charge in [0.25, 0.3) is 0 Å². The number of para-hydroxylation sites is 1. The third-order valence-electron chi connectivity index (χ3n) is 4.72. The van der Waals surface area contributed by atoms with Crippen LogP contribution in [-0.4, -0.2) is 27.1 Å². The first-order valence-corrected chi connectivity index (χ1v) is 10.8. The second-order valence-electron chi connectivity index (χ2n) is 6.55. The van der Waals surface area contributed by atoms with Crippen LogP contribution in [0.4, 0.5) is 0 Å². The Morgan fingerprint density at radius 2 is 2.04 bits per heavy atom. The number of nitrogens with zero attached hydrogens (tertiary/aromatic N) is 3. The second kappa shape index (κ2) is 6.58. The fourth-order valence-corrected chi connectivity index (χ4v) is 5.53. The normalized spacial score (nSPS) is 20.0. The third kappa shape index (κ3) is 3.03. The van der Waals surface area contributed by atoms with Gasteiger partial charge < -0.3 is 0 Å². The maximum Gasteiger partial charge on any atom is 0.248 e. The first-order valence-electron chi connectivity index (χ1n) is 8.20. The molecule has 3 aromatic rings. The van der Waals surface area contributed by atoms with Crippen LogP contribution in [0.1, 0.15) is 19.0 Å². The first-order chi connectivity index (χ1) is 12.8. The van der Waals surface area contributed by atoms with Crippen molar-refractivity contribution in [2.24, 2.45) is 0 Å². The predicted molar refractivity (Wildman–Crippen MR) is 111 cm³/mol. The molecule has 0 radical (unpaired) electrons. The van der Waals surface area contributed by atoms with E-state index in [4.69, 9.17) is 11.6 Å². The van der Waals surface area contributed by atoms with E-state index in [-0.39, 0.29) is 11.7 Å². The van der Waals surface area contributed by atoms with Crippen molar-refractivity contribution in [2.45, 2.75) is 18.1 Å². The minimum absolute atomic E-state index is 0.115. The smallest absolute Gasteiger partial charge is 0.244 e. The van der Waals surface area contributed by atoms with Gasteiger partial charge in [0.15, 0.2) is 0 Å². The van der Waals surface area contributed by atoms with Crippen LogP contribution >= 0.6 is 27.5 Å². The maximum atomic E-state index is 13.5. The molecule has 1 aliphatic carbocycles. The molecule has 0 N–H and O–H groups in total. The van der Waals surface area contributed by atoms with Crippen LogP contribution in [0.5, 0.6) is 0 Å². The Morgan fingerprint density at radius 3 is 2.85 bits per heavy atom. The standard InChI is InChI=1S/C19H15BrClN3O2S/c1-19(27(25,26)24-10-8-13-5-2-3-7-16(13)24)9-4-6-14(11-19)17-15(20)12-22-18(21)23-17/h2-10,12H,11H2,1H3. The van der Waals surface area contributed by atoms with Crippen LogP contribution in [0.25, 0.3) is 16.5 Å². The fourth-order valence-electron chi connectivity index (χ4n) is 3.27. The molecule has 0 saturated heterocycles. The van der Waals surface area contributed by atoms with Crippen LogP contribution in [0, 0.1) is 0 Å². The van der Waals surface area contributed by atoms with Crippen LogP contribution in [0.3, 0.4) is 0 Å². The maximum absolute atomic E-state index is 13.5. The lowest BCUT2D eigenvalue weighted by Gasteiger charge is -2.30. The number of hydrogen-bond donors (Lipinski definition) is 0. The molecule has 0 amide bonds. The molecular weight excluding hydrogens is 450 g/mol. The average Bonchev–Trinajstić information content (AvgIpc) is 3.08. The zero-order valence-corrected chi connectivity index (χ0v) is 17.5. The molecule has 5 nitrogen and oxygen atoms in total. The summed E-state index contributed by atoms with van der Waals surface area (Å²) >= 11 is 9.35. The molecule has 1 aromatic carbocycles. The summed E-state index contributed by atoms with van der Waals surface area (Å²) in [5.41, 5.74) is 2.03. The van der Waals surface area contributed by atoms with Gasteiger partial charge >= 0.3 is 0 Å². The van der Waals surface area contributed by atoms with Crippen LogP contribution in [0.2, 0.25) is 5.28 Å². The molecule has 27 heavy (non-hydrogen) atoms. The molecular formula is C19H15BrClN3O2S. The van der Waals surface area contributed by atoms with Gasteiger partial charge in [0.1, 0.15) is 4.75 Å². The highest BCUT2D eigenvalue weighted by Gasteiger charge is 2.41. The summed E-state index contributed by atoms with van der Waals surface area (Å²) in [6, 6.07) is 9.23. The fraction of sp³-hybridized carbons (Fsp3) is 0.158. The summed E-state index contributed by atoms with van der Waals surface area (Å²) in [4.78, 5) is 8.19. The molecule has 0 aliphatic heterocycles. The van der Waals surface area contributed by atoms with Crippen molar-refractivity contribution in [1.29, 1.82) is 0 Å². The monoisotopic (exact) mass is 463 g/mol. The van der Waals surface area contributed by atoms with E-state index in [9.17, 15) is 8.42 Å². The quantitative estimate of drug-likeness (QED) is 0.521. The van der Waals surface area contributed by atoms with Crippen molar-refractivity contribution in [2.75, 3.05) is 0 Å². The average molecular weight is 465 g/mol. The molecule has 2 aromatic heterocycles. The van der Waals surface area contributed by atoms with Crippen molar-refractivity contribution in [3.05, 3.63) is 76.4 Å². The van der Waals surface area contributed by atoms with Crippen molar-refractivity contribution in [3.8, 4) is 0 Å². The second-order valence-corrected chi connectivity index (χ2v) is 10.0. The number of allylic oxidation sites excluding steroid dienone is 3. The Hall–Kier alpha value is -1.96. The van der Waals surface area contributed by atoms with Gasteiger partial charge in [-0.25, -0.2) is 22.4 Å². The van der Waals surface area contributed by atoms with E-state index < -0.39 is 14.8 Å². The molecule has 0 spiro atoms. The topological polar surface area (TPSA) is 64.8 Å². The van der Waals surface area contributed by atoms with Gasteiger partial charge in [-0.2, -0.15) is 0 Å². The highest BCUT2D eigenvalue weighted by Crippen LogP contribution is 2.38. The van der Waals surface area contributed by atoms with Gasteiger partial charge in [0.2, 0.25) is 15.3 Å². The van der Waals surface area contributed by atoms with Gasteiger partial charge in [-0.05, 0) is 58.6 Å². The molecule has 0 bridgehead atoms. The largest absolute Gasteiger partial charge is 0.248 e. The summed E-state index contributed by atoms with van der Waals surface area (Å²) in [5, 5.41) is 0.996. The van der Waals surface area contributed by atoms with Crippen molar-refractivity contribution in [1.82, 2.24) is 13.9 Å². The number of aromatic nitrogens is 3. The van der Waals surface area contributed by atoms with E-state index in [0.29, 0.717) is 15.7 Å². The summed E-state index contributed by atoms with van der Waals surface area (Å²) in [7, 11) is -3.71. The molecule has 1 aliphatic rings. The molecule has 4 rings (SSSR count). The predicted octanol–water partition coefficient (Wildman–Crippen LogP) is 4.83. The van der Waals surface area contributed by atoms with Gasteiger partial charge in [-0.15, -0.1) is 0 Å². The highest BCUT2D eigenvalue weighted by molar-refractivity contribution is 9.10. The summed E-state index contributed by atoms with van der Waals surface area (Å²) < 4.78 is 27.9. The zero-order valence-electron chi connectivity index (χ0n) is 14.3. The lowest BCUT2D eigenvalue weighted by molar-refractivity contribution is 0.556. The van der Waals surface area contributed by atoms with Crippen LogP contribution in [-0.2, 0) is 10.0 Å². The molecule has 1 atom stereocenters. The lowest BCUT2D eigenvalue weighted by Crippen LogP contribution is -2.38. The van der Waals surface area contributed by atoms with Crippen LogP contribution < -0.4 is 0 Å². The molecule has 1 unspecified atom stereocenters. The Bertz CT molecular complexity index is 1220. The number of halogens is 2. The van der Waals surface area contributed by atoms with E-state index in [1.165, 1.54) is 3.97 Å². The Kier molecular flexibility index (Phi) is 4.49. The minimum Gasteiger partial charge on any atom is -0.244 e. The number of hydrogen-bond acceptors (Lipinski definition) is 4. The minimum atomic E-state index is -3.71. The van der Waals surface area contributed by atoms with Gasteiger partial charge in [-0.1, -0.05) is 36.4 Å². The lowest BCUT2D eigenvalue weighted by atomic mass is 9.93. The van der Waals surface area contributed by atoms with Gasteiger partial charge in [0.05, 0.1) is 15.7 Å². The Balaban J connectivity index is 1.79. The zero-order chi connectivity index (χ0) is 19.2. The van der Waals surface area contributed by atoms with Gasteiger partial charge in [0, 0.05) is 17.8 Å². The van der Waals surface area contributed by atoms with Crippen molar-refractivity contribution < 1.29 is 8.42 Å². The summed E-state index contributed by atoms with van der Waals surface area (Å²) in [5.74, 6) is 0. The molecule has 8 heteroatoms. The number of benzene rings is 1. The summed E-state index contributed by atoms with van der Waals surface area (Å²) in [6.07, 6.45) is 8.77. The molecule has 0 fully saturated rings. The number of fused-ring (bicyclic) bond motifs is 1. The van der Waals surface area contributed by atoms with Gasteiger partial charge in [-0.3, -0.25) is 0 Å². The van der Waals surface area contributed by atoms with E-state index in [2.05, 4.69) is 25.9 Å². The van der Waals surface area contributed by atoms with E-state index >= 15 is 0 Å². The summed E-state index contributed by atoms with van der Waals surface area (Å²) in [6.45, 7) is 1.72.